The standard InChI is InChI=1S/C32H32IOS/c1-31(2,3)21-7-17-29-27(19-21)28-20-22(32(4,5)6)8-18-30(28)35(29)26-15-13-25(14-16-26)34-24-11-9-23(33)10-12-24/h7-20H,1-6H3/q+1. The van der Waals surface area contributed by atoms with E-state index < -0.39 is 0 Å². The monoisotopic (exact) mass is 591 g/mol. The molecule has 35 heavy (non-hydrogen) atoms. The minimum Gasteiger partial charge on any atom is -0.457 e. The van der Waals surface area contributed by atoms with Gasteiger partial charge >= 0.3 is 0 Å². The van der Waals surface area contributed by atoms with Crippen molar-refractivity contribution < 1.29 is 4.74 Å². The van der Waals surface area contributed by atoms with Crippen LogP contribution in [0.4, 0.5) is 0 Å². The third kappa shape index (κ3) is 4.85. The minimum atomic E-state index is -0.125. The van der Waals surface area contributed by atoms with Crippen LogP contribution < -0.4 is 4.74 Å². The molecule has 0 bridgehead atoms. The van der Waals surface area contributed by atoms with Gasteiger partial charge in [0, 0.05) is 36.9 Å². The molecule has 0 amide bonds. The van der Waals surface area contributed by atoms with Crippen LogP contribution in [-0.2, 0) is 10.8 Å². The van der Waals surface area contributed by atoms with E-state index in [1.54, 1.807) is 0 Å². The molecule has 0 spiro atoms. The molecule has 5 aromatic rings. The quantitative estimate of drug-likeness (QED) is 0.150. The van der Waals surface area contributed by atoms with E-state index in [-0.39, 0.29) is 21.3 Å². The molecule has 0 aliphatic carbocycles. The van der Waals surface area contributed by atoms with E-state index in [4.69, 9.17) is 4.74 Å². The average Bonchev–Trinajstić information content (AvgIpc) is 3.13. The van der Waals surface area contributed by atoms with Crippen molar-refractivity contribution in [1.29, 1.82) is 0 Å². The minimum absolute atomic E-state index is 0.118. The van der Waals surface area contributed by atoms with Gasteiger partial charge < -0.3 is 4.74 Å². The van der Waals surface area contributed by atoms with Crippen LogP contribution >= 0.6 is 33.1 Å². The van der Waals surface area contributed by atoms with Gasteiger partial charge in [-0.1, -0.05) is 53.7 Å². The van der Waals surface area contributed by atoms with Crippen LogP contribution in [0.2, 0.25) is 0 Å². The van der Waals surface area contributed by atoms with Crippen molar-refractivity contribution in [2.45, 2.75) is 52.4 Å². The van der Waals surface area contributed by atoms with Gasteiger partial charge in [0.2, 0.25) is 0 Å². The summed E-state index contributed by atoms with van der Waals surface area (Å²) in [5.74, 6) is 1.73. The zero-order chi connectivity index (χ0) is 25.0. The van der Waals surface area contributed by atoms with Gasteiger partial charge in [-0.25, -0.2) is 0 Å². The first-order valence-electron chi connectivity index (χ1n) is 12.1. The van der Waals surface area contributed by atoms with Crippen molar-refractivity contribution in [2.75, 3.05) is 0 Å². The molecule has 0 saturated carbocycles. The summed E-state index contributed by atoms with van der Waals surface area (Å²) in [6.45, 7) is 13.8. The molecule has 0 N–H and O–H groups in total. The summed E-state index contributed by atoms with van der Waals surface area (Å²) in [6, 6.07) is 31.1. The largest absolute Gasteiger partial charge is 0.457 e. The van der Waals surface area contributed by atoms with Gasteiger partial charge in [0.15, 0.2) is 14.3 Å². The van der Waals surface area contributed by atoms with E-state index in [1.165, 1.54) is 39.8 Å². The molecule has 3 heteroatoms. The van der Waals surface area contributed by atoms with Crippen LogP contribution in [0.1, 0.15) is 52.7 Å². The molecule has 0 aliphatic heterocycles. The van der Waals surface area contributed by atoms with E-state index in [1.807, 2.05) is 12.1 Å². The normalized spacial score (nSPS) is 12.4. The van der Waals surface area contributed by atoms with Gasteiger partial charge in [-0.3, -0.25) is 0 Å². The maximum Gasteiger partial charge on any atom is 0.187 e. The SMILES string of the molecule is CC(C)(C)c1ccc2c(c1)c1cc(C(C)(C)C)ccc1[s+]2-c1ccc(Oc2ccc(I)cc2)cc1. The second-order valence-electron chi connectivity index (χ2n) is 11.3. The molecule has 0 saturated heterocycles. The van der Waals surface area contributed by atoms with Gasteiger partial charge in [-0.2, -0.15) is 0 Å². The van der Waals surface area contributed by atoms with E-state index in [0.717, 1.165) is 11.5 Å². The predicted molar refractivity (Wildman–Crippen MR) is 162 cm³/mol. The lowest BCUT2D eigenvalue weighted by Crippen LogP contribution is -2.10. The van der Waals surface area contributed by atoms with Crippen molar-refractivity contribution in [3.63, 3.8) is 0 Å². The summed E-state index contributed by atoms with van der Waals surface area (Å²) < 4.78 is 10.1. The highest BCUT2D eigenvalue weighted by Gasteiger charge is 2.27. The summed E-state index contributed by atoms with van der Waals surface area (Å²) in [6.07, 6.45) is 0. The number of hydrogen-bond donors (Lipinski definition) is 0. The summed E-state index contributed by atoms with van der Waals surface area (Å²) in [5, 5.41) is 2.78. The Balaban J connectivity index is 1.65. The Morgan fingerprint density at radius 1 is 0.571 bits per heavy atom. The second-order valence-corrected chi connectivity index (χ2v) is 14.5. The van der Waals surface area contributed by atoms with Crippen molar-refractivity contribution >= 4 is 53.2 Å². The van der Waals surface area contributed by atoms with Crippen LogP contribution in [0.25, 0.3) is 25.1 Å². The molecule has 0 radical (unpaired) electrons. The Hall–Kier alpha value is -2.37. The fraction of sp³-hybridized carbons (Fsp3) is 0.250. The molecular weight excluding hydrogens is 559 g/mol. The van der Waals surface area contributed by atoms with E-state index in [0.29, 0.717) is 0 Å². The maximum atomic E-state index is 6.10. The first-order valence-corrected chi connectivity index (χ1v) is 14.4. The van der Waals surface area contributed by atoms with Crippen LogP contribution in [-0.4, -0.2) is 0 Å². The van der Waals surface area contributed by atoms with Gasteiger partial charge in [-0.15, -0.1) is 0 Å². The average molecular weight is 592 g/mol. The fourth-order valence-electron chi connectivity index (χ4n) is 4.42. The lowest BCUT2D eigenvalue weighted by Gasteiger charge is -2.19. The number of halogens is 1. The van der Waals surface area contributed by atoms with Gasteiger partial charge in [0.05, 0.1) is 0 Å². The third-order valence-corrected chi connectivity index (χ3v) is 9.58. The van der Waals surface area contributed by atoms with Crippen LogP contribution in [0, 0.1) is 3.57 Å². The molecule has 0 atom stereocenters. The Morgan fingerprint density at radius 3 is 1.43 bits per heavy atom. The Morgan fingerprint density at radius 2 is 1.00 bits per heavy atom. The highest BCUT2D eigenvalue weighted by atomic mass is 127. The molecule has 4 aromatic carbocycles. The molecule has 0 aliphatic rings. The van der Waals surface area contributed by atoms with Crippen molar-refractivity contribution in [3.05, 3.63) is 99.6 Å². The van der Waals surface area contributed by atoms with Gasteiger partial charge in [-0.05, 0) is 105 Å². The molecule has 178 valence electrons. The lowest BCUT2D eigenvalue weighted by atomic mass is 9.85. The zero-order valence-electron chi connectivity index (χ0n) is 21.3. The number of hydrogen-bond acceptors (Lipinski definition) is 1. The number of rotatable bonds is 3. The second kappa shape index (κ2) is 8.94. The van der Waals surface area contributed by atoms with Crippen LogP contribution in [0.15, 0.2) is 84.9 Å². The van der Waals surface area contributed by atoms with Crippen molar-refractivity contribution in [3.8, 4) is 16.4 Å². The van der Waals surface area contributed by atoms with Crippen LogP contribution in [0.5, 0.6) is 11.5 Å². The number of fused-ring (bicyclic) bond motifs is 3. The van der Waals surface area contributed by atoms with Crippen molar-refractivity contribution in [2.24, 2.45) is 0 Å². The smallest absolute Gasteiger partial charge is 0.187 e. The Labute approximate surface area is 225 Å². The predicted octanol–water partition coefficient (Wildman–Crippen LogP) is 10.7. The summed E-state index contributed by atoms with van der Waals surface area (Å²) >= 11 is 2.31. The molecular formula is C32H32IOS+. The molecule has 0 unspecified atom stereocenters. The van der Waals surface area contributed by atoms with Crippen LogP contribution in [0.3, 0.4) is 0 Å². The van der Waals surface area contributed by atoms with E-state index in [2.05, 4.69) is 137 Å². The molecule has 1 aromatic heterocycles. The highest BCUT2D eigenvalue weighted by molar-refractivity contribution is 14.1. The maximum absolute atomic E-state index is 6.10. The molecule has 5 rings (SSSR count). The van der Waals surface area contributed by atoms with Crippen molar-refractivity contribution in [1.82, 2.24) is 0 Å². The van der Waals surface area contributed by atoms with E-state index >= 15 is 0 Å². The summed E-state index contributed by atoms with van der Waals surface area (Å²) in [5.41, 5.74) is 3.00. The first-order chi connectivity index (χ1) is 16.5. The van der Waals surface area contributed by atoms with Gasteiger partial charge in [0.25, 0.3) is 0 Å². The highest BCUT2D eigenvalue weighted by Crippen LogP contribution is 2.50. The zero-order valence-corrected chi connectivity index (χ0v) is 24.3. The Bertz CT molecular complexity index is 1440. The summed E-state index contributed by atoms with van der Waals surface area (Å²) in [4.78, 5) is 1.33. The molecule has 1 nitrogen and oxygen atoms in total. The fourth-order valence-corrected chi connectivity index (χ4v) is 7.12. The molecule has 1 heterocycles. The summed E-state index contributed by atoms with van der Waals surface area (Å²) in [7, 11) is -0.125. The lowest BCUT2D eigenvalue weighted by molar-refractivity contribution is 0.482. The third-order valence-electron chi connectivity index (χ3n) is 6.53. The first kappa shape index (κ1) is 24.3. The molecule has 0 fully saturated rings. The Kier molecular flexibility index (Phi) is 6.21. The van der Waals surface area contributed by atoms with Gasteiger partial charge in [0.1, 0.15) is 11.5 Å². The number of ether oxygens (including phenoxy) is 1. The van der Waals surface area contributed by atoms with E-state index in [9.17, 15) is 0 Å². The number of benzene rings is 4. The number of thiophene rings is 1. The topological polar surface area (TPSA) is 9.23 Å².